The summed E-state index contributed by atoms with van der Waals surface area (Å²) in [6, 6.07) is 12.3. The van der Waals surface area contributed by atoms with Gasteiger partial charge in [-0.15, -0.1) is 11.3 Å². The number of hydrogen-bond donors (Lipinski definition) is 0. The van der Waals surface area contributed by atoms with Gasteiger partial charge in [-0.1, -0.05) is 24.3 Å². The third-order valence-corrected chi connectivity index (χ3v) is 6.63. The molecule has 1 fully saturated rings. The van der Waals surface area contributed by atoms with Crippen LogP contribution in [-0.2, 0) is 6.42 Å². The van der Waals surface area contributed by atoms with Crippen LogP contribution in [0.15, 0.2) is 41.8 Å². The fraction of sp³-hybridized carbons (Fsp3) is 0.304. The van der Waals surface area contributed by atoms with Crippen LogP contribution in [0.25, 0.3) is 22.6 Å². The Balaban J connectivity index is 1.64. The molecule has 0 N–H and O–H groups in total. The molecule has 2 aliphatic rings. The lowest BCUT2D eigenvalue weighted by Crippen LogP contribution is -2.47. The van der Waals surface area contributed by atoms with Crippen molar-refractivity contribution in [3.63, 3.8) is 0 Å². The summed E-state index contributed by atoms with van der Waals surface area (Å²) in [4.78, 5) is 24.1. The summed E-state index contributed by atoms with van der Waals surface area (Å²) in [6.07, 6.45) is 4.07. The molecule has 2 aromatic heterocycles. The van der Waals surface area contributed by atoms with Gasteiger partial charge in [-0.05, 0) is 54.6 Å². The molecule has 5 heteroatoms. The molecule has 0 atom stereocenters. The van der Waals surface area contributed by atoms with E-state index in [4.69, 9.17) is 4.98 Å². The lowest BCUT2D eigenvalue weighted by molar-refractivity contribution is 0.0665. The minimum absolute atomic E-state index is 0.167. The largest absolute Gasteiger partial charge is 0.336 e. The highest BCUT2D eigenvalue weighted by molar-refractivity contribution is 7.10. The van der Waals surface area contributed by atoms with Crippen molar-refractivity contribution in [2.45, 2.75) is 12.8 Å². The molecule has 0 spiro atoms. The van der Waals surface area contributed by atoms with Crippen LogP contribution in [0.1, 0.15) is 32.9 Å². The van der Waals surface area contributed by atoms with E-state index in [2.05, 4.69) is 35.5 Å². The van der Waals surface area contributed by atoms with Crippen molar-refractivity contribution in [1.82, 2.24) is 14.8 Å². The van der Waals surface area contributed by atoms with Gasteiger partial charge in [-0.2, -0.15) is 0 Å². The quantitative estimate of drug-likeness (QED) is 0.660. The number of piperazine rings is 1. The standard InChI is InChI=1S/C23H23N3OS/c1-25-10-12-26(13-11-25)23(27)21-18-6-2-3-7-20(18)24-22-16(8-9-19(21)22)15-17-5-4-14-28-17/h2-7,14-15H,8-13H2,1H3/b16-15-. The molecule has 3 aromatic rings. The number of benzene rings is 1. The predicted molar refractivity (Wildman–Crippen MR) is 116 cm³/mol. The Hall–Kier alpha value is -2.50. The van der Waals surface area contributed by atoms with Gasteiger partial charge in [0.25, 0.3) is 5.91 Å². The molecule has 4 nitrogen and oxygen atoms in total. The summed E-state index contributed by atoms with van der Waals surface area (Å²) in [5, 5.41) is 3.08. The Labute approximate surface area is 169 Å². The number of likely N-dealkylation sites (N-methyl/N-ethyl adjacent to an activating group) is 1. The maximum absolute atomic E-state index is 13.6. The maximum Gasteiger partial charge on any atom is 0.254 e. The number of thiophene rings is 1. The second kappa shape index (κ2) is 7.15. The van der Waals surface area contributed by atoms with Gasteiger partial charge in [0.1, 0.15) is 0 Å². The molecule has 142 valence electrons. The molecule has 0 bridgehead atoms. The third kappa shape index (κ3) is 3.05. The number of fused-ring (bicyclic) bond motifs is 2. The summed E-state index contributed by atoms with van der Waals surface area (Å²) >= 11 is 1.74. The van der Waals surface area contributed by atoms with Crippen LogP contribution in [0, 0.1) is 0 Å². The topological polar surface area (TPSA) is 36.4 Å². The van der Waals surface area contributed by atoms with E-state index < -0.39 is 0 Å². The SMILES string of the molecule is CN1CCN(C(=O)c2c3c(nc4ccccc24)/C(=C\c2cccs2)CC3)CC1. The summed E-state index contributed by atoms with van der Waals surface area (Å²) in [7, 11) is 2.11. The van der Waals surface area contributed by atoms with Gasteiger partial charge < -0.3 is 9.80 Å². The molecule has 28 heavy (non-hydrogen) atoms. The van der Waals surface area contributed by atoms with E-state index in [9.17, 15) is 4.79 Å². The summed E-state index contributed by atoms with van der Waals surface area (Å²) in [5.74, 6) is 0.167. The highest BCUT2D eigenvalue weighted by atomic mass is 32.1. The van der Waals surface area contributed by atoms with E-state index in [1.165, 1.54) is 10.5 Å². The van der Waals surface area contributed by atoms with Gasteiger partial charge in [0.05, 0.1) is 16.8 Å². The van der Waals surface area contributed by atoms with Crippen molar-refractivity contribution in [3.05, 3.63) is 63.5 Å². The van der Waals surface area contributed by atoms with E-state index in [-0.39, 0.29) is 5.91 Å². The molecule has 1 aliphatic carbocycles. The van der Waals surface area contributed by atoms with E-state index in [0.29, 0.717) is 0 Å². The molecule has 1 aliphatic heterocycles. The van der Waals surface area contributed by atoms with Crippen LogP contribution in [-0.4, -0.2) is 53.9 Å². The smallest absolute Gasteiger partial charge is 0.254 e. The molecule has 3 heterocycles. The monoisotopic (exact) mass is 389 g/mol. The Morgan fingerprint density at radius 1 is 1.07 bits per heavy atom. The molecule has 0 unspecified atom stereocenters. The number of aromatic nitrogens is 1. The fourth-order valence-corrected chi connectivity index (χ4v) is 4.92. The molecule has 1 saturated heterocycles. The minimum Gasteiger partial charge on any atom is -0.336 e. The van der Waals surface area contributed by atoms with Crippen LogP contribution >= 0.6 is 11.3 Å². The normalized spacial score (nSPS) is 18.8. The second-order valence-corrected chi connectivity index (χ2v) is 8.59. The number of amides is 1. The fourth-order valence-electron chi connectivity index (χ4n) is 4.24. The van der Waals surface area contributed by atoms with Crippen LogP contribution < -0.4 is 0 Å². The number of hydrogen-bond acceptors (Lipinski definition) is 4. The van der Waals surface area contributed by atoms with Gasteiger partial charge in [0.15, 0.2) is 0 Å². The van der Waals surface area contributed by atoms with E-state index >= 15 is 0 Å². The zero-order valence-electron chi connectivity index (χ0n) is 16.0. The van der Waals surface area contributed by atoms with Crippen molar-refractivity contribution in [2.24, 2.45) is 0 Å². The predicted octanol–water partition coefficient (Wildman–Crippen LogP) is 4.17. The molecular weight excluding hydrogens is 366 g/mol. The van der Waals surface area contributed by atoms with Crippen LogP contribution in [0.3, 0.4) is 0 Å². The minimum atomic E-state index is 0.167. The maximum atomic E-state index is 13.6. The Bertz CT molecular complexity index is 1060. The van der Waals surface area contributed by atoms with Gasteiger partial charge in [0, 0.05) is 36.4 Å². The second-order valence-electron chi connectivity index (χ2n) is 7.61. The lowest BCUT2D eigenvalue weighted by atomic mass is 9.99. The number of carbonyl (C=O) groups is 1. The average molecular weight is 390 g/mol. The number of pyridine rings is 1. The first kappa shape index (κ1) is 17.6. The van der Waals surface area contributed by atoms with Crippen molar-refractivity contribution in [1.29, 1.82) is 0 Å². The summed E-state index contributed by atoms with van der Waals surface area (Å²) in [6.45, 7) is 3.44. The highest BCUT2D eigenvalue weighted by Crippen LogP contribution is 2.38. The zero-order valence-corrected chi connectivity index (χ0v) is 16.8. The van der Waals surface area contributed by atoms with Crippen molar-refractivity contribution < 1.29 is 4.79 Å². The number of para-hydroxylation sites is 1. The van der Waals surface area contributed by atoms with Gasteiger partial charge >= 0.3 is 0 Å². The number of allylic oxidation sites excluding steroid dienone is 1. The average Bonchev–Trinajstić information content (AvgIpc) is 3.37. The Kier molecular flexibility index (Phi) is 4.49. The van der Waals surface area contributed by atoms with Crippen LogP contribution in [0.5, 0.6) is 0 Å². The number of carbonyl (C=O) groups excluding carboxylic acids is 1. The van der Waals surface area contributed by atoms with Gasteiger partial charge in [-0.25, -0.2) is 4.98 Å². The summed E-state index contributed by atoms with van der Waals surface area (Å²) in [5.41, 5.74) is 5.18. The molecule has 1 amide bonds. The Morgan fingerprint density at radius 2 is 1.89 bits per heavy atom. The number of rotatable bonds is 2. The van der Waals surface area contributed by atoms with Crippen molar-refractivity contribution in [2.75, 3.05) is 33.2 Å². The molecular formula is C23H23N3OS. The third-order valence-electron chi connectivity index (χ3n) is 5.81. The first-order valence-electron chi connectivity index (χ1n) is 9.84. The highest BCUT2D eigenvalue weighted by Gasteiger charge is 2.30. The van der Waals surface area contributed by atoms with Crippen molar-refractivity contribution >= 4 is 39.8 Å². The first-order valence-corrected chi connectivity index (χ1v) is 10.7. The number of nitrogens with zero attached hydrogens (tertiary/aromatic N) is 3. The van der Waals surface area contributed by atoms with Crippen LogP contribution in [0.2, 0.25) is 0 Å². The molecule has 5 rings (SSSR count). The van der Waals surface area contributed by atoms with Crippen LogP contribution in [0.4, 0.5) is 0 Å². The lowest BCUT2D eigenvalue weighted by Gasteiger charge is -2.33. The van der Waals surface area contributed by atoms with E-state index in [0.717, 1.165) is 66.7 Å². The first-order chi connectivity index (χ1) is 13.7. The van der Waals surface area contributed by atoms with Crippen molar-refractivity contribution in [3.8, 4) is 0 Å². The molecule has 1 aromatic carbocycles. The molecule has 0 saturated carbocycles. The van der Waals surface area contributed by atoms with E-state index in [1.807, 2.05) is 29.2 Å². The summed E-state index contributed by atoms with van der Waals surface area (Å²) < 4.78 is 0. The Morgan fingerprint density at radius 3 is 2.68 bits per heavy atom. The van der Waals surface area contributed by atoms with Gasteiger partial charge in [-0.3, -0.25) is 4.79 Å². The zero-order chi connectivity index (χ0) is 19.1. The van der Waals surface area contributed by atoms with E-state index in [1.54, 1.807) is 11.3 Å². The van der Waals surface area contributed by atoms with Gasteiger partial charge in [0.2, 0.25) is 0 Å². The molecule has 0 radical (unpaired) electrons.